The van der Waals surface area contributed by atoms with Crippen molar-refractivity contribution in [2.45, 2.75) is 25.6 Å². The Morgan fingerprint density at radius 3 is 2.75 bits per heavy atom. The zero-order valence-electron chi connectivity index (χ0n) is 10.6. The summed E-state index contributed by atoms with van der Waals surface area (Å²) in [5.41, 5.74) is 2.54. The van der Waals surface area contributed by atoms with Gasteiger partial charge >= 0.3 is 6.18 Å². The monoisotopic (exact) mass is 302 g/mol. The summed E-state index contributed by atoms with van der Waals surface area (Å²) in [6.45, 7) is 1.83. The fraction of sp³-hybridized carbons (Fsp3) is 0.333. The van der Waals surface area contributed by atoms with E-state index in [2.05, 4.69) is 15.4 Å². The van der Waals surface area contributed by atoms with Gasteiger partial charge in [-0.25, -0.2) is 4.98 Å². The van der Waals surface area contributed by atoms with E-state index in [1.807, 2.05) is 12.3 Å². The number of alkyl halides is 3. The molecule has 20 heavy (non-hydrogen) atoms. The number of nitrogens with one attached hydrogen (secondary N) is 1. The average molecular weight is 302 g/mol. The molecule has 0 bridgehead atoms. The number of aromatic nitrogens is 2. The van der Waals surface area contributed by atoms with E-state index in [9.17, 15) is 13.2 Å². The second kappa shape index (κ2) is 5.86. The Bertz CT molecular complexity index is 582. The van der Waals surface area contributed by atoms with Crippen LogP contribution in [0.3, 0.4) is 0 Å². The van der Waals surface area contributed by atoms with Crippen LogP contribution in [0.25, 0.3) is 0 Å². The molecule has 8 heteroatoms. The summed E-state index contributed by atoms with van der Waals surface area (Å²) in [6, 6.07) is 0.262. The third-order valence-corrected chi connectivity index (χ3v) is 3.77. The molecule has 3 N–H and O–H groups in total. The first-order valence-corrected chi connectivity index (χ1v) is 6.68. The number of aryl methyl sites for hydroxylation is 1. The van der Waals surface area contributed by atoms with Crippen molar-refractivity contribution in [3.63, 3.8) is 0 Å². The Kier molecular flexibility index (Phi) is 4.36. The van der Waals surface area contributed by atoms with E-state index in [0.29, 0.717) is 0 Å². The molecule has 1 unspecified atom stereocenters. The fourth-order valence-electron chi connectivity index (χ4n) is 1.87. The quantitative estimate of drug-likeness (QED) is 0.673. The summed E-state index contributed by atoms with van der Waals surface area (Å²) in [4.78, 5) is 8.00. The number of hydrogen-bond donors (Lipinski definition) is 2. The van der Waals surface area contributed by atoms with Crippen molar-refractivity contribution in [1.29, 1.82) is 0 Å². The molecule has 0 aliphatic heterocycles. The van der Waals surface area contributed by atoms with Crippen molar-refractivity contribution in [2.24, 2.45) is 5.84 Å². The smallest absolute Gasteiger partial charge is 0.271 e. The molecular formula is C12H13F3N4S. The third-order valence-electron chi connectivity index (χ3n) is 2.78. The molecule has 0 aliphatic rings. The van der Waals surface area contributed by atoms with Crippen LogP contribution in [0.15, 0.2) is 23.8 Å². The lowest BCUT2D eigenvalue weighted by Gasteiger charge is -2.19. The van der Waals surface area contributed by atoms with Gasteiger partial charge in [0.1, 0.15) is 0 Å². The maximum atomic E-state index is 13.0. The largest absolute Gasteiger partial charge is 0.416 e. The molecule has 0 saturated heterocycles. The van der Waals surface area contributed by atoms with E-state index in [0.717, 1.165) is 23.0 Å². The fourth-order valence-corrected chi connectivity index (χ4v) is 2.69. The highest BCUT2D eigenvalue weighted by Crippen LogP contribution is 2.34. The highest BCUT2D eigenvalue weighted by molar-refractivity contribution is 7.09. The molecule has 0 aromatic carbocycles. The van der Waals surface area contributed by atoms with Gasteiger partial charge in [-0.15, -0.1) is 11.3 Å². The second-order valence-corrected chi connectivity index (χ2v) is 5.21. The van der Waals surface area contributed by atoms with Crippen molar-refractivity contribution in [3.8, 4) is 0 Å². The van der Waals surface area contributed by atoms with Gasteiger partial charge in [0.2, 0.25) is 0 Å². The first-order chi connectivity index (χ1) is 9.41. The molecule has 0 fully saturated rings. The highest BCUT2D eigenvalue weighted by Gasteiger charge is 2.35. The minimum atomic E-state index is -4.44. The Hall–Kier alpha value is -1.51. The Balaban J connectivity index is 2.32. The van der Waals surface area contributed by atoms with E-state index >= 15 is 0 Å². The first-order valence-electron chi connectivity index (χ1n) is 5.80. The molecule has 0 radical (unpaired) electrons. The van der Waals surface area contributed by atoms with Crippen molar-refractivity contribution in [3.05, 3.63) is 45.7 Å². The van der Waals surface area contributed by atoms with Crippen LogP contribution >= 0.6 is 11.3 Å². The molecule has 0 saturated carbocycles. The lowest BCUT2D eigenvalue weighted by atomic mass is 10.0. The van der Waals surface area contributed by atoms with Gasteiger partial charge in [0.05, 0.1) is 16.6 Å². The molecule has 0 spiro atoms. The maximum Gasteiger partial charge on any atom is 0.416 e. The van der Waals surface area contributed by atoms with Gasteiger partial charge in [0.25, 0.3) is 0 Å². The summed E-state index contributed by atoms with van der Waals surface area (Å²) in [6.07, 6.45) is -1.85. The van der Waals surface area contributed by atoms with E-state index in [4.69, 9.17) is 5.84 Å². The van der Waals surface area contributed by atoms with Crippen molar-refractivity contribution < 1.29 is 13.2 Å². The van der Waals surface area contributed by atoms with Crippen molar-refractivity contribution >= 4 is 11.3 Å². The SMILES string of the molecule is Cc1csc(CC(NN)c2cnccc2C(F)(F)F)n1. The number of thiazole rings is 1. The highest BCUT2D eigenvalue weighted by atomic mass is 32.1. The summed E-state index contributed by atoms with van der Waals surface area (Å²) in [5.74, 6) is 5.40. The van der Waals surface area contributed by atoms with Crippen molar-refractivity contribution in [2.75, 3.05) is 0 Å². The zero-order chi connectivity index (χ0) is 14.8. The lowest BCUT2D eigenvalue weighted by Crippen LogP contribution is -2.31. The number of halogens is 3. The van der Waals surface area contributed by atoms with Crippen LogP contribution in [0.4, 0.5) is 13.2 Å². The minimum absolute atomic E-state index is 0.0235. The molecule has 2 heterocycles. The predicted molar refractivity (Wildman–Crippen MR) is 69.9 cm³/mol. The number of pyridine rings is 1. The molecular weight excluding hydrogens is 289 g/mol. The molecule has 2 aromatic rings. The zero-order valence-corrected chi connectivity index (χ0v) is 11.4. The second-order valence-electron chi connectivity index (χ2n) is 4.27. The summed E-state index contributed by atoms with van der Waals surface area (Å²) in [7, 11) is 0. The van der Waals surface area contributed by atoms with Gasteiger partial charge in [-0.3, -0.25) is 16.3 Å². The maximum absolute atomic E-state index is 13.0. The van der Waals surface area contributed by atoms with E-state index in [1.54, 1.807) is 0 Å². The van der Waals surface area contributed by atoms with Gasteiger partial charge in [-0.05, 0) is 13.0 Å². The van der Waals surface area contributed by atoms with Crippen molar-refractivity contribution in [1.82, 2.24) is 15.4 Å². The molecule has 2 aromatic heterocycles. The van der Waals surface area contributed by atoms with Crippen LogP contribution in [-0.2, 0) is 12.6 Å². The Morgan fingerprint density at radius 1 is 1.45 bits per heavy atom. The van der Waals surface area contributed by atoms with Gasteiger partial charge in [0, 0.05) is 35.5 Å². The number of hydrazine groups is 1. The molecule has 4 nitrogen and oxygen atoms in total. The number of nitrogens with two attached hydrogens (primary N) is 1. The third kappa shape index (κ3) is 3.33. The van der Waals surface area contributed by atoms with Crippen LogP contribution in [-0.4, -0.2) is 9.97 Å². The van der Waals surface area contributed by atoms with Crippen LogP contribution in [0.2, 0.25) is 0 Å². The Morgan fingerprint density at radius 2 is 2.20 bits per heavy atom. The van der Waals surface area contributed by atoms with Crippen LogP contribution in [0.5, 0.6) is 0 Å². The summed E-state index contributed by atoms with van der Waals surface area (Å²) >= 11 is 1.39. The number of nitrogens with zero attached hydrogens (tertiary/aromatic N) is 2. The topological polar surface area (TPSA) is 63.8 Å². The number of hydrogen-bond acceptors (Lipinski definition) is 5. The van der Waals surface area contributed by atoms with E-state index in [1.165, 1.54) is 17.5 Å². The molecule has 0 amide bonds. The summed E-state index contributed by atoms with van der Waals surface area (Å²) < 4.78 is 38.9. The van der Waals surface area contributed by atoms with Crippen LogP contribution in [0, 0.1) is 6.92 Å². The summed E-state index contributed by atoms with van der Waals surface area (Å²) in [5, 5.41) is 2.57. The minimum Gasteiger partial charge on any atom is -0.271 e. The molecule has 2 rings (SSSR count). The standard InChI is InChI=1S/C12H13F3N4S/c1-7-6-20-11(18-7)4-10(19-16)8-5-17-3-2-9(8)12(13,14)15/h2-3,5-6,10,19H,4,16H2,1H3. The normalized spacial score (nSPS) is 13.4. The molecule has 1 atom stereocenters. The van der Waals surface area contributed by atoms with Gasteiger partial charge < -0.3 is 0 Å². The van der Waals surface area contributed by atoms with Gasteiger partial charge in [-0.2, -0.15) is 13.2 Å². The predicted octanol–water partition coefficient (Wildman–Crippen LogP) is 2.61. The average Bonchev–Trinajstić information content (AvgIpc) is 2.80. The van der Waals surface area contributed by atoms with E-state index < -0.39 is 17.8 Å². The first kappa shape index (κ1) is 14.9. The Labute approximate surface area is 117 Å². The van der Waals surface area contributed by atoms with Crippen LogP contribution in [0.1, 0.15) is 27.9 Å². The van der Waals surface area contributed by atoms with Gasteiger partial charge in [0.15, 0.2) is 0 Å². The molecule has 108 valence electrons. The van der Waals surface area contributed by atoms with Gasteiger partial charge in [-0.1, -0.05) is 0 Å². The number of rotatable bonds is 4. The van der Waals surface area contributed by atoms with E-state index in [-0.39, 0.29) is 12.0 Å². The lowest BCUT2D eigenvalue weighted by molar-refractivity contribution is -0.138. The molecule has 0 aliphatic carbocycles. The van der Waals surface area contributed by atoms with Crippen LogP contribution < -0.4 is 11.3 Å².